The molecule has 0 aliphatic rings. The predicted molar refractivity (Wildman–Crippen MR) is 87.2 cm³/mol. The average Bonchev–Trinajstić information content (AvgIpc) is 2.39. The highest BCUT2D eigenvalue weighted by atomic mass is 79.9. The Hall–Kier alpha value is -1.81. The van der Waals surface area contributed by atoms with E-state index in [2.05, 4.69) is 21.2 Å². The van der Waals surface area contributed by atoms with Crippen LogP contribution in [0.15, 0.2) is 34.8 Å². The van der Waals surface area contributed by atoms with E-state index in [1.807, 2.05) is 32.9 Å². The Morgan fingerprint density at radius 1 is 1.15 bits per heavy atom. The number of nitrogens with two attached hydrogens (primary N) is 1. The van der Waals surface area contributed by atoms with Crippen molar-refractivity contribution >= 4 is 33.2 Å². The molecule has 4 heteroatoms. The zero-order chi connectivity index (χ0) is 14.9. The van der Waals surface area contributed by atoms with Gasteiger partial charge in [-0.3, -0.25) is 4.79 Å². The standard InChI is InChI=1S/C16H17BrN2O/c1-9-7-12(8-10(2)15(9)17)19-16(20)13-5-4-6-14(18)11(13)3/h4-8H,18H2,1-3H3,(H,19,20). The lowest BCUT2D eigenvalue weighted by atomic mass is 10.1. The lowest BCUT2D eigenvalue weighted by Gasteiger charge is -2.11. The number of rotatable bonds is 2. The number of hydrogen-bond donors (Lipinski definition) is 2. The first-order chi connectivity index (χ1) is 9.40. The summed E-state index contributed by atoms with van der Waals surface area (Å²) in [6, 6.07) is 9.24. The van der Waals surface area contributed by atoms with E-state index in [0.717, 1.165) is 26.9 Å². The van der Waals surface area contributed by atoms with Crippen LogP contribution in [-0.4, -0.2) is 5.91 Å². The van der Waals surface area contributed by atoms with E-state index in [9.17, 15) is 4.79 Å². The summed E-state index contributed by atoms with van der Waals surface area (Å²) in [7, 11) is 0. The number of amides is 1. The number of benzene rings is 2. The number of halogens is 1. The van der Waals surface area contributed by atoms with Gasteiger partial charge < -0.3 is 11.1 Å². The molecule has 0 heterocycles. The summed E-state index contributed by atoms with van der Waals surface area (Å²) in [5.74, 6) is -0.143. The summed E-state index contributed by atoms with van der Waals surface area (Å²) in [5, 5.41) is 2.92. The Balaban J connectivity index is 2.30. The van der Waals surface area contributed by atoms with Crippen molar-refractivity contribution in [3.8, 4) is 0 Å². The summed E-state index contributed by atoms with van der Waals surface area (Å²) in [5.41, 5.74) is 10.8. The second kappa shape index (κ2) is 5.67. The zero-order valence-electron chi connectivity index (χ0n) is 11.8. The van der Waals surface area contributed by atoms with E-state index in [4.69, 9.17) is 5.73 Å². The van der Waals surface area contributed by atoms with Crippen LogP contribution in [0.4, 0.5) is 11.4 Å². The normalized spacial score (nSPS) is 10.4. The third-order valence-corrected chi connectivity index (χ3v) is 4.57. The molecule has 0 fully saturated rings. The Morgan fingerprint density at radius 2 is 1.75 bits per heavy atom. The highest BCUT2D eigenvalue weighted by molar-refractivity contribution is 9.10. The molecule has 0 bridgehead atoms. The van der Waals surface area contributed by atoms with Gasteiger partial charge in [-0.25, -0.2) is 0 Å². The van der Waals surface area contributed by atoms with E-state index >= 15 is 0 Å². The monoisotopic (exact) mass is 332 g/mol. The average molecular weight is 333 g/mol. The lowest BCUT2D eigenvalue weighted by Crippen LogP contribution is -2.14. The van der Waals surface area contributed by atoms with Crippen LogP contribution in [0.2, 0.25) is 0 Å². The SMILES string of the molecule is Cc1cc(NC(=O)c2cccc(N)c2C)cc(C)c1Br. The summed E-state index contributed by atoms with van der Waals surface area (Å²) < 4.78 is 1.07. The van der Waals surface area contributed by atoms with Gasteiger partial charge in [-0.15, -0.1) is 0 Å². The first-order valence-corrected chi connectivity index (χ1v) is 7.12. The number of carbonyl (C=O) groups excluding carboxylic acids is 1. The fourth-order valence-corrected chi connectivity index (χ4v) is 2.34. The minimum Gasteiger partial charge on any atom is -0.398 e. The van der Waals surface area contributed by atoms with Crippen LogP contribution in [0.1, 0.15) is 27.0 Å². The van der Waals surface area contributed by atoms with Crippen LogP contribution in [0.3, 0.4) is 0 Å². The Morgan fingerprint density at radius 3 is 2.35 bits per heavy atom. The molecule has 0 radical (unpaired) electrons. The molecule has 0 aliphatic heterocycles. The second-order valence-electron chi connectivity index (χ2n) is 4.90. The van der Waals surface area contributed by atoms with Crippen LogP contribution in [0, 0.1) is 20.8 Å². The summed E-state index contributed by atoms with van der Waals surface area (Å²) in [4.78, 5) is 12.3. The number of carbonyl (C=O) groups is 1. The van der Waals surface area contributed by atoms with E-state index in [1.165, 1.54) is 0 Å². The maximum absolute atomic E-state index is 12.3. The molecule has 3 N–H and O–H groups in total. The molecule has 104 valence electrons. The molecular weight excluding hydrogens is 316 g/mol. The van der Waals surface area contributed by atoms with Crippen molar-refractivity contribution in [3.63, 3.8) is 0 Å². The quantitative estimate of drug-likeness (QED) is 0.809. The number of anilines is 2. The van der Waals surface area contributed by atoms with Gasteiger partial charge in [0, 0.05) is 21.4 Å². The highest BCUT2D eigenvalue weighted by Crippen LogP contribution is 2.25. The van der Waals surface area contributed by atoms with E-state index < -0.39 is 0 Å². The van der Waals surface area contributed by atoms with Crippen molar-refractivity contribution in [1.29, 1.82) is 0 Å². The van der Waals surface area contributed by atoms with Gasteiger partial charge in [0.15, 0.2) is 0 Å². The van der Waals surface area contributed by atoms with Gasteiger partial charge in [0.05, 0.1) is 0 Å². The molecule has 0 aliphatic carbocycles. The fraction of sp³-hybridized carbons (Fsp3) is 0.188. The maximum Gasteiger partial charge on any atom is 0.256 e. The number of nitrogens with one attached hydrogen (secondary N) is 1. The molecular formula is C16H17BrN2O. The smallest absolute Gasteiger partial charge is 0.256 e. The third kappa shape index (κ3) is 2.85. The maximum atomic E-state index is 12.3. The van der Waals surface area contributed by atoms with Gasteiger partial charge >= 0.3 is 0 Å². The molecule has 0 spiro atoms. The van der Waals surface area contributed by atoms with Crippen molar-refractivity contribution in [2.45, 2.75) is 20.8 Å². The summed E-state index contributed by atoms with van der Waals surface area (Å²) in [6.07, 6.45) is 0. The molecule has 2 rings (SSSR count). The van der Waals surface area contributed by atoms with Crippen molar-refractivity contribution in [3.05, 3.63) is 57.1 Å². The minimum atomic E-state index is -0.143. The van der Waals surface area contributed by atoms with Crippen LogP contribution in [0.5, 0.6) is 0 Å². The van der Waals surface area contributed by atoms with Gasteiger partial charge in [-0.1, -0.05) is 22.0 Å². The van der Waals surface area contributed by atoms with Crippen LogP contribution in [0.25, 0.3) is 0 Å². The van der Waals surface area contributed by atoms with Crippen LogP contribution >= 0.6 is 15.9 Å². The van der Waals surface area contributed by atoms with E-state index in [0.29, 0.717) is 11.3 Å². The summed E-state index contributed by atoms with van der Waals surface area (Å²) in [6.45, 7) is 5.85. The number of hydrogen-bond acceptors (Lipinski definition) is 2. The predicted octanol–water partition coefficient (Wildman–Crippen LogP) is 4.21. The Bertz CT molecular complexity index is 657. The van der Waals surface area contributed by atoms with Crippen LogP contribution in [-0.2, 0) is 0 Å². The van der Waals surface area contributed by atoms with Crippen molar-refractivity contribution in [1.82, 2.24) is 0 Å². The zero-order valence-corrected chi connectivity index (χ0v) is 13.3. The van der Waals surface area contributed by atoms with Gasteiger partial charge in [0.25, 0.3) is 5.91 Å². The van der Waals surface area contributed by atoms with Gasteiger partial charge in [0.2, 0.25) is 0 Å². The fourth-order valence-electron chi connectivity index (χ4n) is 2.12. The first-order valence-electron chi connectivity index (χ1n) is 6.33. The van der Waals surface area contributed by atoms with Crippen molar-refractivity contribution < 1.29 is 4.79 Å². The van der Waals surface area contributed by atoms with E-state index in [1.54, 1.807) is 18.2 Å². The molecule has 0 aromatic heterocycles. The van der Waals surface area contributed by atoms with Gasteiger partial charge in [-0.2, -0.15) is 0 Å². The molecule has 3 nitrogen and oxygen atoms in total. The second-order valence-corrected chi connectivity index (χ2v) is 5.69. The number of aryl methyl sites for hydroxylation is 2. The first kappa shape index (κ1) is 14.6. The van der Waals surface area contributed by atoms with Gasteiger partial charge in [0.1, 0.15) is 0 Å². The highest BCUT2D eigenvalue weighted by Gasteiger charge is 2.11. The molecule has 0 atom stereocenters. The molecule has 2 aromatic rings. The number of nitrogen functional groups attached to an aromatic ring is 1. The Kier molecular flexibility index (Phi) is 4.14. The molecule has 1 amide bonds. The molecule has 0 unspecified atom stereocenters. The lowest BCUT2D eigenvalue weighted by molar-refractivity contribution is 0.102. The summed E-state index contributed by atoms with van der Waals surface area (Å²) >= 11 is 3.52. The van der Waals surface area contributed by atoms with E-state index in [-0.39, 0.29) is 5.91 Å². The van der Waals surface area contributed by atoms with Crippen molar-refractivity contribution in [2.24, 2.45) is 0 Å². The minimum absolute atomic E-state index is 0.143. The van der Waals surface area contributed by atoms with Gasteiger partial charge in [-0.05, 0) is 61.7 Å². The molecule has 0 saturated carbocycles. The Labute approximate surface area is 127 Å². The molecule has 2 aromatic carbocycles. The largest absolute Gasteiger partial charge is 0.398 e. The van der Waals surface area contributed by atoms with Crippen LogP contribution < -0.4 is 11.1 Å². The topological polar surface area (TPSA) is 55.1 Å². The van der Waals surface area contributed by atoms with Crippen molar-refractivity contribution in [2.75, 3.05) is 11.1 Å². The molecule has 0 saturated heterocycles. The molecule has 20 heavy (non-hydrogen) atoms. The third-order valence-electron chi connectivity index (χ3n) is 3.31.